The van der Waals surface area contributed by atoms with Crippen LogP contribution in [0.4, 0.5) is 0 Å². The molecule has 0 spiro atoms. The minimum absolute atomic E-state index is 0.0240. The van der Waals surface area contributed by atoms with Crippen LogP contribution in [-0.2, 0) is 22.6 Å². The van der Waals surface area contributed by atoms with Crippen molar-refractivity contribution in [1.29, 1.82) is 0 Å². The minimum atomic E-state index is -0.410. The van der Waals surface area contributed by atoms with Gasteiger partial charge in [-0.15, -0.1) is 0 Å². The van der Waals surface area contributed by atoms with Gasteiger partial charge in [0.2, 0.25) is 5.91 Å². The number of allylic oxidation sites excluding steroid dienone is 1. The highest BCUT2D eigenvalue weighted by Crippen LogP contribution is 2.36. The summed E-state index contributed by atoms with van der Waals surface area (Å²) in [6, 6.07) is 1.56. The van der Waals surface area contributed by atoms with E-state index in [-0.39, 0.29) is 11.8 Å². The molecule has 0 saturated carbocycles. The zero-order chi connectivity index (χ0) is 17.4. The van der Waals surface area contributed by atoms with Gasteiger partial charge in [-0.25, -0.2) is 0 Å². The molecule has 0 N–H and O–H groups in total. The van der Waals surface area contributed by atoms with Crippen molar-refractivity contribution in [3.05, 3.63) is 35.2 Å². The number of amides is 2. The van der Waals surface area contributed by atoms with E-state index in [0.717, 1.165) is 22.4 Å². The first-order chi connectivity index (χ1) is 11.4. The van der Waals surface area contributed by atoms with Gasteiger partial charge >= 0.3 is 0 Å². The molecule has 0 radical (unpaired) electrons. The highest BCUT2D eigenvalue weighted by Gasteiger charge is 2.38. The van der Waals surface area contributed by atoms with Gasteiger partial charge in [0.05, 0.1) is 5.69 Å². The third kappa shape index (κ3) is 2.72. The lowest BCUT2D eigenvalue weighted by Gasteiger charge is -2.37. The van der Waals surface area contributed by atoms with E-state index in [1.54, 1.807) is 16.0 Å². The molecule has 24 heavy (non-hydrogen) atoms. The third-order valence-electron chi connectivity index (χ3n) is 4.78. The Hall–Kier alpha value is -2.17. The number of carbonyl (C=O) groups is 2. The fraction of sp³-hybridized carbons (Fsp3) is 0.526. The molecule has 1 aliphatic carbocycles. The van der Waals surface area contributed by atoms with E-state index in [0.29, 0.717) is 31.8 Å². The topological polar surface area (TPSA) is 53.5 Å². The van der Waals surface area contributed by atoms with E-state index >= 15 is 0 Å². The van der Waals surface area contributed by atoms with Crippen LogP contribution >= 0.6 is 0 Å². The molecule has 1 aromatic rings. The molecule has 2 amide bonds. The Balaban J connectivity index is 1.89. The molecule has 0 fully saturated rings. The second-order valence-corrected chi connectivity index (χ2v) is 7.08. The largest absolute Gasteiger partial charge is 0.344 e. The first-order valence-electron chi connectivity index (χ1n) is 8.67. The van der Waals surface area contributed by atoms with E-state index < -0.39 is 6.04 Å². The Morgan fingerprint density at radius 3 is 2.83 bits per heavy atom. The molecule has 1 aromatic heterocycles. The first kappa shape index (κ1) is 16.7. The van der Waals surface area contributed by atoms with Gasteiger partial charge in [-0.05, 0) is 24.0 Å². The van der Waals surface area contributed by atoms with Crippen LogP contribution < -0.4 is 0 Å². The van der Waals surface area contributed by atoms with E-state index in [1.807, 2.05) is 26.1 Å². The van der Waals surface area contributed by atoms with Crippen LogP contribution in [0, 0.1) is 5.92 Å². The molecule has 0 bridgehead atoms. The molecule has 5 heteroatoms. The van der Waals surface area contributed by atoms with Gasteiger partial charge in [-0.1, -0.05) is 26.8 Å². The van der Waals surface area contributed by atoms with Crippen molar-refractivity contribution in [2.75, 3.05) is 13.6 Å². The Bertz CT molecular complexity index is 709. The minimum Gasteiger partial charge on any atom is -0.344 e. The number of hydrogen-bond acceptors (Lipinski definition) is 3. The summed E-state index contributed by atoms with van der Waals surface area (Å²) in [6.45, 7) is 7.33. The molecule has 3 rings (SSSR count). The summed E-state index contributed by atoms with van der Waals surface area (Å²) in [5, 5.41) is 0. The number of carbonyl (C=O) groups excluding carboxylic acids is 2. The summed E-state index contributed by atoms with van der Waals surface area (Å²) in [6.07, 6.45) is 5.07. The number of nitrogens with zero attached hydrogens (tertiary/aromatic N) is 3. The Morgan fingerprint density at radius 1 is 1.42 bits per heavy atom. The maximum Gasteiger partial charge on any atom is 0.255 e. The zero-order valence-corrected chi connectivity index (χ0v) is 14.9. The zero-order valence-electron chi connectivity index (χ0n) is 14.9. The maximum atomic E-state index is 13.0. The molecular formula is C19H25N3O2. The summed E-state index contributed by atoms with van der Waals surface area (Å²) in [4.78, 5) is 33.7. The van der Waals surface area contributed by atoms with Crippen LogP contribution in [-0.4, -0.2) is 46.2 Å². The number of rotatable bonds is 5. The number of hydrogen-bond donors (Lipinski definition) is 0. The second kappa shape index (κ2) is 6.38. The van der Waals surface area contributed by atoms with Gasteiger partial charge in [0.1, 0.15) is 6.04 Å². The summed E-state index contributed by atoms with van der Waals surface area (Å²) >= 11 is 0. The molecule has 1 aliphatic heterocycles. The number of pyridine rings is 1. The first-order valence-corrected chi connectivity index (χ1v) is 8.67. The second-order valence-electron chi connectivity index (χ2n) is 7.08. The van der Waals surface area contributed by atoms with Crippen molar-refractivity contribution in [2.24, 2.45) is 5.92 Å². The van der Waals surface area contributed by atoms with Gasteiger partial charge in [0.15, 0.2) is 0 Å². The van der Waals surface area contributed by atoms with Gasteiger partial charge in [0.25, 0.3) is 5.91 Å². The Morgan fingerprint density at radius 2 is 2.17 bits per heavy atom. The summed E-state index contributed by atoms with van der Waals surface area (Å²) in [5.74, 6) is 0.392. The lowest BCUT2D eigenvalue weighted by Crippen LogP contribution is -2.51. The van der Waals surface area contributed by atoms with Crippen LogP contribution in [0.3, 0.4) is 0 Å². The van der Waals surface area contributed by atoms with Gasteiger partial charge in [0, 0.05) is 43.9 Å². The molecule has 128 valence electrons. The highest BCUT2D eigenvalue weighted by atomic mass is 16.2. The van der Waals surface area contributed by atoms with Crippen LogP contribution in [0.15, 0.2) is 18.3 Å². The lowest BCUT2D eigenvalue weighted by atomic mass is 9.95. The fourth-order valence-corrected chi connectivity index (χ4v) is 3.74. The molecule has 1 atom stereocenters. The predicted molar refractivity (Wildman–Crippen MR) is 93.0 cm³/mol. The smallest absolute Gasteiger partial charge is 0.255 e. The summed E-state index contributed by atoms with van der Waals surface area (Å²) in [5.41, 5.74) is 3.79. The van der Waals surface area contributed by atoms with E-state index in [9.17, 15) is 9.59 Å². The normalized spacial score (nSPS) is 17.0. The number of likely N-dealkylation sites (N-methyl/N-ethyl adjacent to an activating group) is 1. The molecule has 5 nitrogen and oxygen atoms in total. The Labute approximate surface area is 143 Å². The molecule has 2 heterocycles. The third-order valence-corrected chi connectivity index (χ3v) is 4.78. The number of aromatic nitrogens is 1. The lowest BCUT2D eigenvalue weighted by molar-refractivity contribution is -0.143. The average Bonchev–Trinajstić information content (AvgIpc) is 2.97. The summed E-state index contributed by atoms with van der Waals surface area (Å²) in [7, 11) is 1.82. The van der Waals surface area contributed by atoms with Crippen molar-refractivity contribution in [3.63, 3.8) is 0 Å². The monoisotopic (exact) mass is 327 g/mol. The highest BCUT2D eigenvalue weighted by molar-refractivity contribution is 6.22. The van der Waals surface area contributed by atoms with Crippen molar-refractivity contribution in [2.45, 2.75) is 46.2 Å². The van der Waals surface area contributed by atoms with Crippen molar-refractivity contribution in [3.8, 4) is 0 Å². The van der Waals surface area contributed by atoms with E-state index in [1.165, 1.54) is 0 Å². The van der Waals surface area contributed by atoms with Gasteiger partial charge in [-0.2, -0.15) is 0 Å². The molecule has 0 saturated heterocycles. The van der Waals surface area contributed by atoms with E-state index in [4.69, 9.17) is 0 Å². The standard InChI is InChI=1S/C19H25N3O2/c1-5-16(19(24)21(4)10-12(2)3)22-11-13-8-9-20-15-7-6-14(17(13)15)18(22)23/h6,8-9,12,16H,5,7,10-11H2,1-4H3/t16-/m1/s1. The van der Waals surface area contributed by atoms with Crippen LogP contribution in [0.2, 0.25) is 0 Å². The quantitative estimate of drug-likeness (QED) is 0.833. The van der Waals surface area contributed by atoms with Crippen LogP contribution in [0.25, 0.3) is 5.57 Å². The van der Waals surface area contributed by atoms with Crippen molar-refractivity contribution >= 4 is 17.4 Å². The van der Waals surface area contributed by atoms with E-state index in [2.05, 4.69) is 18.8 Å². The van der Waals surface area contributed by atoms with Crippen molar-refractivity contribution < 1.29 is 9.59 Å². The molecule has 0 unspecified atom stereocenters. The van der Waals surface area contributed by atoms with Crippen LogP contribution in [0.1, 0.15) is 44.0 Å². The SMILES string of the molecule is CC[C@H](C(=O)N(C)CC(C)C)N1Cc2ccnc3c2C(=CC3)C1=O. The molecule has 2 aliphatic rings. The average molecular weight is 327 g/mol. The van der Waals surface area contributed by atoms with Crippen molar-refractivity contribution in [1.82, 2.24) is 14.8 Å². The predicted octanol–water partition coefficient (Wildman–Crippen LogP) is 2.26. The maximum absolute atomic E-state index is 13.0. The van der Waals surface area contributed by atoms with Gasteiger partial charge in [-0.3, -0.25) is 14.6 Å². The summed E-state index contributed by atoms with van der Waals surface area (Å²) < 4.78 is 0. The molecular weight excluding hydrogens is 302 g/mol. The van der Waals surface area contributed by atoms with Gasteiger partial charge < -0.3 is 9.80 Å². The fourth-order valence-electron chi connectivity index (χ4n) is 3.74. The Kier molecular flexibility index (Phi) is 4.43. The van der Waals surface area contributed by atoms with Crippen LogP contribution in [0.5, 0.6) is 0 Å². The molecule has 0 aromatic carbocycles.